The van der Waals surface area contributed by atoms with Gasteiger partial charge in [0.2, 0.25) is 0 Å². The molecule has 0 aliphatic heterocycles. The summed E-state index contributed by atoms with van der Waals surface area (Å²) in [7, 11) is 0. The maximum atomic E-state index is 9.68. The van der Waals surface area contributed by atoms with Crippen LogP contribution >= 0.6 is 0 Å². The van der Waals surface area contributed by atoms with Gasteiger partial charge in [0.05, 0.1) is 6.10 Å². The standard InChI is InChI=1S/C15H16O/c1-11-8-9-14(10-15(11)12(2)16)13-6-4-3-5-7-13/h3-10,12,16H,1-2H3. The number of aliphatic hydroxyl groups is 1. The lowest BCUT2D eigenvalue weighted by atomic mass is 9.97. The summed E-state index contributed by atoms with van der Waals surface area (Å²) in [6, 6.07) is 16.4. The molecule has 0 heterocycles. The second kappa shape index (κ2) is 4.50. The van der Waals surface area contributed by atoms with E-state index in [1.165, 1.54) is 5.56 Å². The monoisotopic (exact) mass is 212 g/mol. The van der Waals surface area contributed by atoms with Crippen molar-refractivity contribution in [3.63, 3.8) is 0 Å². The normalized spacial score (nSPS) is 12.4. The Morgan fingerprint density at radius 1 is 0.938 bits per heavy atom. The Morgan fingerprint density at radius 3 is 2.25 bits per heavy atom. The molecule has 16 heavy (non-hydrogen) atoms. The number of aliphatic hydroxyl groups excluding tert-OH is 1. The van der Waals surface area contributed by atoms with Crippen LogP contribution in [0.1, 0.15) is 24.2 Å². The molecule has 0 amide bonds. The number of rotatable bonds is 2. The second-order valence-electron chi connectivity index (χ2n) is 4.11. The van der Waals surface area contributed by atoms with Gasteiger partial charge in [0.25, 0.3) is 0 Å². The molecule has 1 unspecified atom stereocenters. The molecule has 82 valence electrons. The first kappa shape index (κ1) is 10.9. The van der Waals surface area contributed by atoms with E-state index in [0.29, 0.717) is 0 Å². The van der Waals surface area contributed by atoms with Gasteiger partial charge in [-0.1, -0.05) is 42.5 Å². The van der Waals surface area contributed by atoms with Crippen molar-refractivity contribution < 1.29 is 5.11 Å². The summed E-state index contributed by atoms with van der Waals surface area (Å²) in [5, 5.41) is 9.68. The topological polar surface area (TPSA) is 20.2 Å². The van der Waals surface area contributed by atoms with Crippen LogP contribution in [0.25, 0.3) is 11.1 Å². The lowest BCUT2D eigenvalue weighted by molar-refractivity contribution is 0.198. The van der Waals surface area contributed by atoms with Gasteiger partial charge in [0.15, 0.2) is 0 Å². The van der Waals surface area contributed by atoms with Crippen molar-refractivity contribution >= 4 is 0 Å². The molecule has 0 aromatic heterocycles. The minimum Gasteiger partial charge on any atom is -0.389 e. The van der Waals surface area contributed by atoms with E-state index in [1.54, 1.807) is 6.92 Å². The first-order chi connectivity index (χ1) is 7.68. The molecule has 0 bridgehead atoms. The van der Waals surface area contributed by atoms with Crippen molar-refractivity contribution in [3.05, 3.63) is 59.7 Å². The molecule has 0 spiro atoms. The Morgan fingerprint density at radius 2 is 1.62 bits per heavy atom. The Hall–Kier alpha value is -1.60. The average Bonchev–Trinajstić information content (AvgIpc) is 2.30. The second-order valence-corrected chi connectivity index (χ2v) is 4.11. The fourth-order valence-electron chi connectivity index (χ4n) is 1.90. The first-order valence-corrected chi connectivity index (χ1v) is 5.52. The summed E-state index contributed by atoms with van der Waals surface area (Å²) in [6.07, 6.45) is -0.413. The minimum absolute atomic E-state index is 0.413. The largest absolute Gasteiger partial charge is 0.389 e. The van der Waals surface area contributed by atoms with Crippen molar-refractivity contribution in [2.45, 2.75) is 20.0 Å². The quantitative estimate of drug-likeness (QED) is 0.804. The molecule has 0 radical (unpaired) electrons. The summed E-state index contributed by atoms with van der Waals surface area (Å²) < 4.78 is 0. The van der Waals surface area contributed by atoms with Gasteiger partial charge in [-0.25, -0.2) is 0 Å². The molecule has 1 atom stereocenters. The molecule has 0 fully saturated rings. The number of hydrogen-bond donors (Lipinski definition) is 1. The molecule has 1 nitrogen and oxygen atoms in total. The fraction of sp³-hybridized carbons (Fsp3) is 0.200. The number of aryl methyl sites for hydroxylation is 1. The van der Waals surface area contributed by atoms with Crippen LogP contribution in [0.5, 0.6) is 0 Å². The molecule has 0 aliphatic carbocycles. The number of hydrogen-bond acceptors (Lipinski definition) is 1. The molecule has 1 N–H and O–H groups in total. The highest BCUT2D eigenvalue weighted by molar-refractivity contribution is 5.64. The van der Waals surface area contributed by atoms with Gasteiger partial charge in [-0.2, -0.15) is 0 Å². The van der Waals surface area contributed by atoms with Crippen LogP contribution < -0.4 is 0 Å². The zero-order valence-corrected chi connectivity index (χ0v) is 9.64. The van der Waals surface area contributed by atoms with Crippen LogP contribution in [-0.2, 0) is 0 Å². The van der Waals surface area contributed by atoms with Gasteiger partial charge in [0, 0.05) is 0 Å². The smallest absolute Gasteiger partial charge is 0.0764 e. The van der Waals surface area contributed by atoms with Crippen molar-refractivity contribution in [1.82, 2.24) is 0 Å². The summed E-state index contributed by atoms with van der Waals surface area (Å²) >= 11 is 0. The maximum absolute atomic E-state index is 9.68. The van der Waals surface area contributed by atoms with Gasteiger partial charge >= 0.3 is 0 Å². The Bertz CT molecular complexity index is 472. The maximum Gasteiger partial charge on any atom is 0.0764 e. The Kier molecular flexibility index (Phi) is 3.07. The first-order valence-electron chi connectivity index (χ1n) is 5.52. The molecular weight excluding hydrogens is 196 g/mol. The van der Waals surface area contributed by atoms with Crippen molar-refractivity contribution in [2.75, 3.05) is 0 Å². The molecule has 0 saturated heterocycles. The van der Waals surface area contributed by atoms with Gasteiger partial charge < -0.3 is 5.11 Å². The van der Waals surface area contributed by atoms with Crippen molar-refractivity contribution in [2.24, 2.45) is 0 Å². The van der Waals surface area contributed by atoms with Crippen LogP contribution in [0.4, 0.5) is 0 Å². The van der Waals surface area contributed by atoms with Crippen LogP contribution in [-0.4, -0.2) is 5.11 Å². The third-order valence-electron chi connectivity index (χ3n) is 2.84. The molecule has 2 rings (SSSR count). The van der Waals surface area contributed by atoms with E-state index in [0.717, 1.165) is 16.7 Å². The van der Waals surface area contributed by atoms with E-state index in [9.17, 15) is 5.11 Å². The molecule has 0 saturated carbocycles. The van der Waals surface area contributed by atoms with E-state index in [2.05, 4.69) is 30.3 Å². The lowest BCUT2D eigenvalue weighted by Crippen LogP contribution is -1.95. The third-order valence-corrected chi connectivity index (χ3v) is 2.84. The number of benzene rings is 2. The minimum atomic E-state index is -0.413. The van der Waals surface area contributed by atoms with Crippen LogP contribution in [0, 0.1) is 6.92 Å². The highest BCUT2D eigenvalue weighted by atomic mass is 16.3. The fourth-order valence-corrected chi connectivity index (χ4v) is 1.90. The average molecular weight is 212 g/mol. The van der Waals surface area contributed by atoms with E-state index < -0.39 is 6.10 Å². The zero-order valence-electron chi connectivity index (χ0n) is 9.64. The van der Waals surface area contributed by atoms with Crippen molar-refractivity contribution in [1.29, 1.82) is 0 Å². The van der Waals surface area contributed by atoms with Gasteiger partial charge in [-0.3, -0.25) is 0 Å². The lowest BCUT2D eigenvalue weighted by Gasteiger charge is -2.11. The van der Waals surface area contributed by atoms with Crippen LogP contribution in [0.3, 0.4) is 0 Å². The third kappa shape index (κ3) is 2.15. The Labute approximate surface area is 96.4 Å². The molecule has 2 aromatic carbocycles. The van der Waals surface area contributed by atoms with E-state index >= 15 is 0 Å². The zero-order chi connectivity index (χ0) is 11.5. The van der Waals surface area contributed by atoms with Crippen molar-refractivity contribution in [3.8, 4) is 11.1 Å². The highest BCUT2D eigenvalue weighted by Gasteiger charge is 2.06. The van der Waals surface area contributed by atoms with E-state index in [-0.39, 0.29) is 0 Å². The molecule has 0 aliphatic rings. The summed E-state index contributed by atoms with van der Waals surface area (Å²) in [5.74, 6) is 0. The van der Waals surface area contributed by atoms with Gasteiger partial charge in [-0.05, 0) is 42.2 Å². The molecular formula is C15H16O. The Balaban J connectivity index is 2.48. The van der Waals surface area contributed by atoms with Gasteiger partial charge in [-0.15, -0.1) is 0 Å². The summed E-state index contributed by atoms with van der Waals surface area (Å²) in [6.45, 7) is 3.83. The highest BCUT2D eigenvalue weighted by Crippen LogP contribution is 2.25. The van der Waals surface area contributed by atoms with E-state index in [4.69, 9.17) is 0 Å². The summed E-state index contributed by atoms with van der Waals surface area (Å²) in [4.78, 5) is 0. The summed E-state index contributed by atoms with van der Waals surface area (Å²) in [5.41, 5.74) is 4.47. The van der Waals surface area contributed by atoms with Crippen LogP contribution in [0.15, 0.2) is 48.5 Å². The van der Waals surface area contributed by atoms with Crippen LogP contribution in [0.2, 0.25) is 0 Å². The van der Waals surface area contributed by atoms with Gasteiger partial charge in [0.1, 0.15) is 0 Å². The predicted octanol–water partition coefficient (Wildman–Crippen LogP) is 3.72. The molecule has 1 heteroatoms. The SMILES string of the molecule is Cc1ccc(-c2ccccc2)cc1C(C)O. The predicted molar refractivity (Wildman–Crippen MR) is 67.2 cm³/mol. The van der Waals surface area contributed by atoms with E-state index in [1.807, 2.05) is 25.1 Å². The molecule has 2 aromatic rings.